The normalized spacial score (nSPS) is 10.5. The minimum atomic E-state index is -0.569. The molecule has 0 aliphatic rings. The molecule has 0 aliphatic heterocycles. The Morgan fingerprint density at radius 1 is 1.07 bits per heavy atom. The van der Waals surface area contributed by atoms with Gasteiger partial charge in [0.05, 0.1) is 38.1 Å². The lowest BCUT2D eigenvalue weighted by molar-refractivity contribution is -0.385. The van der Waals surface area contributed by atoms with Crippen molar-refractivity contribution in [3.63, 3.8) is 0 Å². The Bertz CT molecular complexity index is 1000. The van der Waals surface area contributed by atoms with Gasteiger partial charge in [-0.15, -0.1) is 5.10 Å². The van der Waals surface area contributed by atoms with E-state index in [4.69, 9.17) is 14.2 Å². The summed E-state index contributed by atoms with van der Waals surface area (Å²) >= 11 is 0. The third-order valence-corrected chi connectivity index (χ3v) is 3.84. The molecule has 140 valence electrons. The van der Waals surface area contributed by atoms with Crippen LogP contribution in [0, 0.1) is 15.9 Å². The van der Waals surface area contributed by atoms with E-state index in [1.807, 2.05) is 0 Å². The average molecular weight is 374 g/mol. The number of rotatable bonds is 6. The molecule has 0 radical (unpaired) electrons. The molecule has 2 aromatic carbocycles. The highest BCUT2D eigenvalue weighted by molar-refractivity contribution is 5.70. The predicted molar refractivity (Wildman–Crippen MR) is 93.1 cm³/mol. The first-order valence-corrected chi connectivity index (χ1v) is 7.65. The van der Waals surface area contributed by atoms with Gasteiger partial charge in [-0.2, -0.15) is 0 Å². The maximum atomic E-state index is 13.6. The van der Waals surface area contributed by atoms with Gasteiger partial charge in [0.15, 0.2) is 17.3 Å². The fourth-order valence-corrected chi connectivity index (χ4v) is 2.54. The molecule has 1 heterocycles. The zero-order chi connectivity index (χ0) is 19.6. The first kappa shape index (κ1) is 18.1. The Morgan fingerprint density at radius 2 is 1.81 bits per heavy atom. The van der Waals surface area contributed by atoms with Crippen LogP contribution in [0.25, 0.3) is 16.9 Å². The van der Waals surface area contributed by atoms with Crippen molar-refractivity contribution >= 4 is 5.69 Å². The molecule has 0 fully saturated rings. The minimum Gasteiger partial charge on any atom is -0.494 e. The average Bonchev–Trinajstić information content (AvgIpc) is 3.17. The van der Waals surface area contributed by atoms with Gasteiger partial charge >= 0.3 is 5.69 Å². The second kappa shape index (κ2) is 7.28. The number of aromatic nitrogens is 3. The molecule has 0 atom stereocenters. The highest BCUT2D eigenvalue weighted by Gasteiger charge is 2.23. The number of nitrogens with zero attached hydrogens (tertiary/aromatic N) is 4. The summed E-state index contributed by atoms with van der Waals surface area (Å²) in [7, 11) is 4.06. The Labute approximate surface area is 153 Å². The molecule has 0 N–H and O–H groups in total. The van der Waals surface area contributed by atoms with Crippen LogP contribution in [0.2, 0.25) is 0 Å². The molecule has 1 aromatic heterocycles. The molecule has 3 aromatic rings. The number of nitro groups is 1. The van der Waals surface area contributed by atoms with E-state index in [9.17, 15) is 14.5 Å². The molecule has 0 saturated carbocycles. The van der Waals surface area contributed by atoms with E-state index in [2.05, 4.69) is 10.3 Å². The van der Waals surface area contributed by atoms with Crippen LogP contribution in [-0.4, -0.2) is 41.2 Å². The number of methoxy groups -OCH3 is 3. The number of hydrogen-bond acceptors (Lipinski definition) is 7. The summed E-state index contributed by atoms with van der Waals surface area (Å²) in [4.78, 5) is 10.8. The number of ether oxygens (including phenoxy) is 3. The van der Waals surface area contributed by atoms with Gasteiger partial charge in [-0.1, -0.05) is 5.21 Å². The molecule has 9 nitrogen and oxygen atoms in total. The van der Waals surface area contributed by atoms with Crippen LogP contribution in [0.5, 0.6) is 17.2 Å². The van der Waals surface area contributed by atoms with Crippen molar-refractivity contribution in [1.82, 2.24) is 15.0 Å². The quantitative estimate of drug-likeness (QED) is 0.483. The molecule has 0 bridgehead atoms. The first-order valence-electron chi connectivity index (χ1n) is 7.65. The standard InChI is InChI=1S/C17H15FN4O5/c1-25-15-8-11(4-5-12(15)18)21-9-13(19-20-21)10-6-14(22(23)24)17(27-3)16(7-10)26-2/h4-9H,1-3H3. The SMILES string of the molecule is COc1cc(-n2cc(-c3cc(OC)c(OC)c([N+](=O)[O-])c3)nn2)ccc1F. The van der Waals surface area contributed by atoms with Gasteiger partial charge in [0, 0.05) is 17.7 Å². The number of hydrogen-bond donors (Lipinski definition) is 0. The largest absolute Gasteiger partial charge is 0.494 e. The lowest BCUT2D eigenvalue weighted by Crippen LogP contribution is -1.98. The van der Waals surface area contributed by atoms with Crippen molar-refractivity contribution < 1.29 is 23.5 Å². The van der Waals surface area contributed by atoms with E-state index in [0.717, 1.165) is 0 Å². The number of nitro benzene ring substituents is 1. The summed E-state index contributed by atoms with van der Waals surface area (Å²) in [5, 5.41) is 19.4. The van der Waals surface area contributed by atoms with Crippen LogP contribution in [0.1, 0.15) is 0 Å². The van der Waals surface area contributed by atoms with Gasteiger partial charge in [0.2, 0.25) is 5.75 Å². The zero-order valence-corrected chi connectivity index (χ0v) is 14.7. The van der Waals surface area contributed by atoms with Crippen LogP contribution in [0.3, 0.4) is 0 Å². The summed E-state index contributed by atoms with van der Waals surface area (Å²) in [6.07, 6.45) is 1.55. The Hall–Kier alpha value is -3.69. The molecular formula is C17H15FN4O5. The predicted octanol–water partition coefficient (Wildman–Crippen LogP) is 3.01. The number of halogens is 1. The van der Waals surface area contributed by atoms with E-state index in [1.54, 1.807) is 12.3 Å². The van der Waals surface area contributed by atoms with Crippen LogP contribution in [0.15, 0.2) is 36.5 Å². The highest BCUT2D eigenvalue weighted by Crippen LogP contribution is 2.40. The maximum Gasteiger partial charge on any atom is 0.315 e. The monoisotopic (exact) mass is 374 g/mol. The van der Waals surface area contributed by atoms with E-state index in [0.29, 0.717) is 16.9 Å². The molecule has 0 saturated heterocycles. The number of benzene rings is 2. The molecule has 0 amide bonds. The van der Waals surface area contributed by atoms with Gasteiger partial charge < -0.3 is 14.2 Å². The molecular weight excluding hydrogens is 359 g/mol. The Balaban J connectivity index is 2.06. The summed E-state index contributed by atoms with van der Waals surface area (Å²) < 4.78 is 30.2. The zero-order valence-electron chi connectivity index (χ0n) is 14.7. The lowest BCUT2D eigenvalue weighted by atomic mass is 10.1. The topological polar surface area (TPSA) is 102 Å². The summed E-state index contributed by atoms with van der Waals surface area (Å²) in [6.45, 7) is 0. The summed E-state index contributed by atoms with van der Waals surface area (Å²) in [5.74, 6) is -0.231. The Morgan fingerprint density at radius 3 is 2.44 bits per heavy atom. The summed E-state index contributed by atoms with van der Waals surface area (Å²) in [5.41, 5.74) is 1.04. The molecule has 10 heteroatoms. The van der Waals surface area contributed by atoms with Crippen LogP contribution in [0.4, 0.5) is 10.1 Å². The van der Waals surface area contributed by atoms with Gasteiger partial charge in [-0.25, -0.2) is 9.07 Å². The molecule has 0 unspecified atom stereocenters. The van der Waals surface area contributed by atoms with Gasteiger partial charge in [-0.05, 0) is 18.2 Å². The van der Waals surface area contributed by atoms with E-state index < -0.39 is 10.7 Å². The van der Waals surface area contributed by atoms with Crippen molar-refractivity contribution in [3.8, 4) is 34.2 Å². The third-order valence-electron chi connectivity index (χ3n) is 3.84. The molecule has 27 heavy (non-hydrogen) atoms. The van der Waals surface area contributed by atoms with Gasteiger partial charge in [0.25, 0.3) is 0 Å². The van der Waals surface area contributed by atoms with Crippen molar-refractivity contribution in [3.05, 3.63) is 52.5 Å². The van der Waals surface area contributed by atoms with Crippen molar-refractivity contribution in [1.29, 1.82) is 0 Å². The van der Waals surface area contributed by atoms with E-state index in [-0.39, 0.29) is 22.9 Å². The molecule has 0 spiro atoms. The highest BCUT2D eigenvalue weighted by atomic mass is 19.1. The fraction of sp³-hybridized carbons (Fsp3) is 0.176. The van der Waals surface area contributed by atoms with E-state index in [1.165, 1.54) is 50.3 Å². The van der Waals surface area contributed by atoms with Crippen LogP contribution >= 0.6 is 0 Å². The fourth-order valence-electron chi connectivity index (χ4n) is 2.54. The summed E-state index contributed by atoms with van der Waals surface area (Å²) in [6, 6.07) is 7.10. The van der Waals surface area contributed by atoms with Gasteiger partial charge in [0.1, 0.15) is 5.69 Å². The van der Waals surface area contributed by atoms with Crippen LogP contribution < -0.4 is 14.2 Å². The van der Waals surface area contributed by atoms with Crippen molar-refractivity contribution in [2.24, 2.45) is 0 Å². The van der Waals surface area contributed by atoms with Gasteiger partial charge in [-0.3, -0.25) is 10.1 Å². The van der Waals surface area contributed by atoms with Crippen molar-refractivity contribution in [2.75, 3.05) is 21.3 Å². The third kappa shape index (κ3) is 3.36. The maximum absolute atomic E-state index is 13.6. The molecule has 0 aliphatic carbocycles. The van der Waals surface area contributed by atoms with E-state index >= 15 is 0 Å². The first-order chi connectivity index (χ1) is 13.0. The second-order valence-corrected chi connectivity index (χ2v) is 5.36. The second-order valence-electron chi connectivity index (χ2n) is 5.36. The minimum absolute atomic E-state index is 0.0157. The van der Waals surface area contributed by atoms with Crippen molar-refractivity contribution in [2.45, 2.75) is 0 Å². The van der Waals surface area contributed by atoms with Crippen LogP contribution in [-0.2, 0) is 0 Å². The lowest BCUT2D eigenvalue weighted by Gasteiger charge is -2.09. The Kier molecular flexibility index (Phi) is 4.88. The molecule has 3 rings (SSSR count). The smallest absolute Gasteiger partial charge is 0.315 e.